The van der Waals surface area contributed by atoms with E-state index in [9.17, 15) is 9.59 Å². The molecule has 0 aliphatic rings. The van der Waals surface area contributed by atoms with E-state index in [1.165, 1.54) is 0 Å². The summed E-state index contributed by atoms with van der Waals surface area (Å²) < 4.78 is 0.619. The number of carbonyl (C=O) groups excluding carboxylic acids is 1. The second kappa shape index (κ2) is 6.61. The molecule has 98 valence electrons. The molecule has 7 heteroatoms. The van der Waals surface area contributed by atoms with Gasteiger partial charge in [0.05, 0.1) is 5.69 Å². The third-order valence-electron chi connectivity index (χ3n) is 2.19. The number of carbonyl (C=O) groups is 2. The molecule has 0 fully saturated rings. The van der Waals surface area contributed by atoms with Crippen molar-refractivity contribution in [1.29, 1.82) is 0 Å². The molecule has 1 atom stereocenters. The first kappa shape index (κ1) is 14.8. The van der Waals surface area contributed by atoms with E-state index in [2.05, 4.69) is 26.6 Å². The minimum Gasteiger partial charge on any atom is -0.480 e. The van der Waals surface area contributed by atoms with Gasteiger partial charge in [-0.3, -0.25) is 0 Å². The Bertz CT molecular complexity index is 468. The largest absolute Gasteiger partial charge is 0.480 e. The Hall–Kier alpha value is -1.27. The molecule has 1 aromatic carbocycles. The van der Waals surface area contributed by atoms with Gasteiger partial charge in [0.2, 0.25) is 0 Å². The number of hydrogen-bond donors (Lipinski definition) is 3. The van der Waals surface area contributed by atoms with Crippen molar-refractivity contribution in [3.8, 4) is 0 Å². The summed E-state index contributed by atoms with van der Waals surface area (Å²) in [6.45, 7) is 1.68. The topological polar surface area (TPSA) is 78.4 Å². The number of aliphatic carboxylic acids is 1. The van der Waals surface area contributed by atoms with Crippen molar-refractivity contribution < 1.29 is 14.7 Å². The molecular weight excluding hydrogens is 323 g/mol. The van der Waals surface area contributed by atoms with Gasteiger partial charge in [-0.1, -0.05) is 18.5 Å². The minimum absolute atomic E-state index is 0.310. The molecule has 0 aliphatic heterocycles. The highest BCUT2D eigenvalue weighted by atomic mass is 79.9. The van der Waals surface area contributed by atoms with Gasteiger partial charge in [-0.05, 0) is 40.5 Å². The summed E-state index contributed by atoms with van der Waals surface area (Å²) in [5.74, 6) is -1.07. The Kier molecular flexibility index (Phi) is 5.43. The van der Waals surface area contributed by atoms with Gasteiger partial charge in [-0.2, -0.15) is 0 Å². The lowest BCUT2D eigenvalue weighted by Gasteiger charge is -2.14. The SMILES string of the molecule is CC[C@@H](NC(=O)Nc1ccc(Cl)cc1Br)C(=O)O. The average molecular weight is 336 g/mol. The predicted octanol–water partition coefficient (Wildman–Crippen LogP) is 3.09. The van der Waals surface area contributed by atoms with Crippen molar-refractivity contribution in [1.82, 2.24) is 5.32 Å². The zero-order chi connectivity index (χ0) is 13.7. The van der Waals surface area contributed by atoms with Crippen molar-refractivity contribution in [2.75, 3.05) is 5.32 Å². The van der Waals surface area contributed by atoms with Crippen LogP contribution in [0.3, 0.4) is 0 Å². The van der Waals surface area contributed by atoms with Crippen LogP contribution < -0.4 is 10.6 Å². The van der Waals surface area contributed by atoms with Gasteiger partial charge >= 0.3 is 12.0 Å². The monoisotopic (exact) mass is 334 g/mol. The second-order valence-electron chi connectivity index (χ2n) is 3.52. The van der Waals surface area contributed by atoms with Crippen molar-refractivity contribution in [3.05, 3.63) is 27.7 Å². The van der Waals surface area contributed by atoms with Crippen molar-refractivity contribution in [3.63, 3.8) is 0 Å². The van der Waals surface area contributed by atoms with Gasteiger partial charge < -0.3 is 15.7 Å². The maximum absolute atomic E-state index is 11.6. The molecule has 3 N–H and O–H groups in total. The van der Waals surface area contributed by atoms with Crippen LogP contribution in [0.5, 0.6) is 0 Å². The normalized spacial score (nSPS) is 11.7. The number of hydrogen-bond acceptors (Lipinski definition) is 2. The van der Waals surface area contributed by atoms with Gasteiger partial charge in [-0.15, -0.1) is 0 Å². The maximum Gasteiger partial charge on any atom is 0.326 e. The van der Waals surface area contributed by atoms with Crippen molar-refractivity contribution in [2.24, 2.45) is 0 Å². The Morgan fingerprint density at radius 3 is 2.67 bits per heavy atom. The van der Waals surface area contributed by atoms with Crippen LogP contribution in [0.1, 0.15) is 13.3 Å². The highest BCUT2D eigenvalue weighted by molar-refractivity contribution is 9.10. The van der Waals surface area contributed by atoms with E-state index < -0.39 is 18.0 Å². The smallest absolute Gasteiger partial charge is 0.326 e. The molecule has 1 aromatic rings. The highest BCUT2D eigenvalue weighted by Crippen LogP contribution is 2.25. The zero-order valence-corrected chi connectivity index (χ0v) is 11.9. The number of halogens is 2. The van der Waals surface area contributed by atoms with E-state index in [0.717, 1.165) is 0 Å². The van der Waals surface area contributed by atoms with Gasteiger partial charge in [0.15, 0.2) is 0 Å². The van der Waals surface area contributed by atoms with Gasteiger partial charge in [0.1, 0.15) is 6.04 Å². The van der Waals surface area contributed by atoms with Crippen LogP contribution >= 0.6 is 27.5 Å². The van der Waals surface area contributed by atoms with Crippen molar-refractivity contribution >= 4 is 45.2 Å². The van der Waals surface area contributed by atoms with Crippen LogP contribution in [0.15, 0.2) is 22.7 Å². The minimum atomic E-state index is -1.07. The van der Waals surface area contributed by atoms with E-state index in [-0.39, 0.29) is 0 Å². The number of rotatable bonds is 4. The Morgan fingerprint density at radius 1 is 1.50 bits per heavy atom. The van der Waals surface area contributed by atoms with Crippen LogP contribution in [0.25, 0.3) is 0 Å². The summed E-state index contributed by atoms with van der Waals surface area (Å²) in [6, 6.07) is 3.39. The molecule has 0 aliphatic carbocycles. The quantitative estimate of drug-likeness (QED) is 0.791. The first-order valence-electron chi connectivity index (χ1n) is 5.19. The average Bonchev–Trinajstić information content (AvgIpc) is 2.29. The van der Waals surface area contributed by atoms with Crippen LogP contribution in [-0.2, 0) is 4.79 Å². The van der Waals surface area contributed by atoms with E-state index >= 15 is 0 Å². The Balaban J connectivity index is 2.67. The summed E-state index contributed by atoms with van der Waals surface area (Å²) in [5.41, 5.74) is 0.511. The molecule has 0 aromatic heterocycles. The van der Waals surface area contributed by atoms with Crippen LogP contribution in [0.4, 0.5) is 10.5 Å². The number of anilines is 1. The Labute approximate surface area is 118 Å². The molecule has 0 unspecified atom stereocenters. The second-order valence-corrected chi connectivity index (χ2v) is 4.81. The lowest BCUT2D eigenvalue weighted by molar-refractivity contribution is -0.139. The van der Waals surface area contributed by atoms with E-state index in [0.29, 0.717) is 21.6 Å². The first-order chi connectivity index (χ1) is 8.43. The molecule has 0 radical (unpaired) electrons. The maximum atomic E-state index is 11.6. The third-order valence-corrected chi connectivity index (χ3v) is 3.08. The van der Waals surface area contributed by atoms with Gasteiger partial charge in [-0.25, -0.2) is 9.59 Å². The predicted molar refractivity (Wildman–Crippen MR) is 73.0 cm³/mol. The summed E-state index contributed by atoms with van der Waals surface area (Å²) >= 11 is 9.01. The molecule has 0 saturated carbocycles. The number of nitrogens with one attached hydrogen (secondary N) is 2. The molecule has 0 spiro atoms. The molecule has 0 saturated heterocycles. The standard InChI is InChI=1S/C11H12BrClN2O3/c1-2-8(10(16)17)14-11(18)15-9-4-3-6(13)5-7(9)12/h3-5,8H,2H2,1H3,(H,16,17)(H2,14,15,18)/t8-/m1/s1. The highest BCUT2D eigenvalue weighted by Gasteiger charge is 2.17. The van der Waals surface area contributed by atoms with E-state index in [1.54, 1.807) is 25.1 Å². The van der Waals surface area contributed by atoms with Gasteiger partial charge in [0.25, 0.3) is 0 Å². The number of carboxylic acids is 1. The number of amides is 2. The number of carboxylic acid groups (broad SMARTS) is 1. The first-order valence-corrected chi connectivity index (χ1v) is 6.36. The summed E-state index contributed by atoms with van der Waals surface area (Å²) in [7, 11) is 0. The molecule has 0 heterocycles. The molecule has 5 nitrogen and oxygen atoms in total. The molecule has 18 heavy (non-hydrogen) atoms. The van der Waals surface area contributed by atoms with Crippen molar-refractivity contribution in [2.45, 2.75) is 19.4 Å². The fourth-order valence-corrected chi connectivity index (χ4v) is 2.03. The summed E-state index contributed by atoms with van der Waals surface area (Å²) in [6.07, 6.45) is 0.310. The van der Waals surface area contributed by atoms with E-state index in [4.69, 9.17) is 16.7 Å². The zero-order valence-electron chi connectivity index (χ0n) is 9.54. The number of urea groups is 1. The summed E-state index contributed by atoms with van der Waals surface area (Å²) in [4.78, 5) is 22.3. The van der Waals surface area contributed by atoms with Crippen LogP contribution in [0.2, 0.25) is 5.02 Å². The lowest BCUT2D eigenvalue weighted by atomic mass is 10.2. The van der Waals surface area contributed by atoms with Gasteiger partial charge in [0, 0.05) is 9.50 Å². The number of benzene rings is 1. The molecule has 0 bridgehead atoms. The molecule has 1 rings (SSSR count). The fraction of sp³-hybridized carbons (Fsp3) is 0.273. The lowest BCUT2D eigenvalue weighted by Crippen LogP contribution is -2.42. The molecular formula is C11H12BrClN2O3. The fourth-order valence-electron chi connectivity index (χ4n) is 1.25. The van der Waals surface area contributed by atoms with Crippen LogP contribution in [-0.4, -0.2) is 23.1 Å². The third kappa shape index (κ3) is 4.19. The van der Waals surface area contributed by atoms with E-state index in [1.807, 2.05) is 0 Å². The van der Waals surface area contributed by atoms with Crippen LogP contribution in [0, 0.1) is 0 Å². The molecule has 2 amide bonds. The summed E-state index contributed by atoms with van der Waals surface area (Å²) in [5, 5.41) is 14.2. The Morgan fingerprint density at radius 2 is 2.17 bits per heavy atom.